The molecule has 0 radical (unpaired) electrons. The smallest absolute Gasteiger partial charge is 0.0958 e. The number of hydrogen-bond acceptors (Lipinski definition) is 3. The Balaban J connectivity index is 2.59. The van der Waals surface area contributed by atoms with Crippen LogP contribution in [0.2, 0.25) is 0 Å². The second-order valence-corrected chi connectivity index (χ2v) is 5.76. The quantitative estimate of drug-likeness (QED) is 0.830. The van der Waals surface area contributed by atoms with E-state index in [9.17, 15) is 10.2 Å². The van der Waals surface area contributed by atoms with Crippen molar-refractivity contribution in [1.29, 1.82) is 0 Å². The molecule has 0 bridgehead atoms. The fourth-order valence-electron chi connectivity index (χ4n) is 1.31. The Bertz CT molecular complexity index is 309. The molecule has 1 aromatic rings. The van der Waals surface area contributed by atoms with Crippen molar-refractivity contribution in [3.05, 3.63) is 35.9 Å². The summed E-state index contributed by atoms with van der Waals surface area (Å²) in [6.45, 7) is 5.55. The predicted molar refractivity (Wildman–Crippen MR) is 69.6 cm³/mol. The molecule has 0 fully saturated rings. The maximum atomic E-state index is 10.3. The van der Waals surface area contributed by atoms with Crippen LogP contribution in [0.1, 0.15) is 26.3 Å². The van der Waals surface area contributed by atoms with E-state index < -0.39 is 5.60 Å². The SMILES string of the molecule is CC(O)C(C)SCC(C)(O)c1ccccc1. The highest BCUT2D eigenvalue weighted by atomic mass is 32.2. The molecule has 2 nitrogen and oxygen atoms in total. The van der Waals surface area contributed by atoms with Crippen molar-refractivity contribution in [2.24, 2.45) is 0 Å². The van der Waals surface area contributed by atoms with E-state index >= 15 is 0 Å². The lowest BCUT2D eigenvalue weighted by Gasteiger charge is -2.25. The summed E-state index contributed by atoms with van der Waals surface area (Å²) in [6.07, 6.45) is -0.350. The zero-order chi connectivity index (χ0) is 12.2. The highest BCUT2D eigenvalue weighted by molar-refractivity contribution is 8.00. The molecule has 16 heavy (non-hydrogen) atoms. The van der Waals surface area contributed by atoms with Crippen molar-refractivity contribution in [2.75, 3.05) is 5.75 Å². The van der Waals surface area contributed by atoms with Crippen LogP contribution >= 0.6 is 11.8 Å². The monoisotopic (exact) mass is 240 g/mol. The normalized spacial score (nSPS) is 18.8. The lowest BCUT2D eigenvalue weighted by Crippen LogP contribution is -2.27. The summed E-state index contributed by atoms with van der Waals surface area (Å²) in [5.41, 5.74) is 0.0787. The Hall–Kier alpha value is -0.510. The van der Waals surface area contributed by atoms with Gasteiger partial charge in [0.05, 0.1) is 11.7 Å². The molecule has 0 spiro atoms. The molecule has 0 aromatic heterocycles. The minimum Gasteiger partial charge on any atom is -0.392 e. The van der Waals surface area contributed by atoms with Crippen LogP contribution in [0, 0.1) is 0 Å². The first-order valence-electron chi connectivity index (χ1n) is 5.51. The van der Waals surface area contributed by atoms with Crippen molar-refractivity contribution >= 4 is 11.8 Å². The van der Waals surface area contributed by atoms with Crippen molar-refractivity contribution in [1.82, 2.24) is 0 Å². The van der Waals surface area contributed by atoms with Crippen LogP contribution in [0.25, 0.3) is 0 Å². The molecular weight excluding hydrogens is 220 g/mol. The van der Waals surface area contributed by atoms with Crippen LogP contribution in [0.15, 0.2) is 30.3 Å². The van der Waals surface area contributed by atoms with Gasteiger partial charge in [0.25, 0.3) is 0 Å². The Kier molecular flexibility index (Phi) is 4.84. The molecule has 90 valence electrons. The average Bonchev–Trinajstić information content (AvgIpc) is 2.27. The van der Waals surface area contributed by atoms with E-state index in [1.165, 1.54) is 0 Å². The molecule has 0 saturated heterocycles. The highest BCUT2D eigenvalue weighted by Crippen LogP contribution is 2.27. The number of aliphatic hydroxyl groups is 2. The van der Waals surface area contributed by atoms with Crippen LogP contribution in [-0.4, -0.2) is 27.3 Å². The second kappa shape index (κ2) is 5.71. The van der Waals surface area contributed by atoms with Gasteiger partial charge in [0.1, 0.15) is 0 Å². The van der Waals surface area contributed by atoms with Gasteiger partial charge in [-0.1, -0.05) is 37.3 Å². The summed E-state index contributed by atoms with van der Waals surface area (Å²) >= 11 is 1.59. The van der Waals surface area contributed by atoms with Gasteiger partial charge in [0.15, 0.2) is 0 Å². The molecule has 2 N–H and O–H groups in total. The molecule has 0 aliphatic heterocycles. The Morgan fingerprint density at radius 2 is 1.81 bits per heavy atom. The van der Waals surface area contributed by atoms with Gasteiger partial charge in [-0.3, -0.25) is 0 Å². The van der Waals surface area contributed by atoms with Crippen molar-refractivity contribution in [2.45, 2.75) is 37.7 Å². The lowest BCUT2D eigenvalue weighted by molar-refractivity contribution is 0.0835. The number of hydrogen-bond donors (Lipinski definition) is 2. The van der Waals surface area contributed by atoms with E-state index in [0.29, 0.717) is 5.75 Å². The highest BCUT2D eigenvalue weighted by Gasteiger charge is 2.24. The van der Waals surface area contributed by atoms with Gasteiger partial charge in [-0.2, -0.15) is 11.8 Å². The van der Waals surface area contributed by atoms with Crippen LogP contribution in [0.3, 0.4) is 0 Å². The Morgan fingerprint density at radius 3 is 2.31 bits per heavy atom. The maximum Gasteiger partial charge on any atom is 0.0958 e. The van der Waals surface area contributed by atoms with Crippen LogP contribution in [0.5, 0.6) is 0 Å². The number of benzene rings is 1. The third kappa shape index (κ3) is 3.81. The molecule has 0 heterocycles. The summed E-state index contributed by atoms with van der Waals surface area (Å²) < 4.78 is 0. The lowest BCUT2D eigenvalue weighted by atomic mass is 9.99. The number of aliphatic hydroxyl groups excluding tert-OH is 1. The van der Waals surface area contributed by atoms with Gasteiger partial charge >= 0.3 is 0 Å². The van der Waals surface area contributed by atoms with E-state index in [4.69, 9.17) is 0 Å². The van der Waals surface area contributed by atoms with Gasteiger partial charge in [0.2, 0.25) is 0 Å². The summed E-state index contributed by atoms with van der Waals surface area (Å²) in [4.78, 5) is 0. The largest absolute Gasteiger partial charge is 0.392 e. The summed E-state index contributed by atoms with van der Waals surface area (Å²) in [7, 11) is 0. The number of rotatable bonds is 5. The van der Waals surface area contributed by atoms with E-state index in [1.54, 1.807) is 18.7 Å². The zero-order valence-corrected chi connectivity index (χ0v) is 10.9. The van der Waals surface area contributed by atoms with E-state index in [1.807, 2.05) is 44.2 Å². The third-order valence-electron chi connectivity index (χ3n) is 2.70. The molecule has 0 aliphatic carbocycles. The maximum absolute atomic E-state index is 10.3. The van der Waals surface area contributed by atoms with Gasteiger partial charge < -0.3 is 10.2 Å². The van der Waals surface area contributed by atoms with Crippen molar-refractivity contribution in [3.63, 3.8) is 0 Å². The van der Waals surface area contributed by atoms with E-state index in [0.717, 1.165) is 5.56 Å². The molecule has 0 aliphatic rings. The van der Waals surface area contributed by atoms with Crippen molar-refractivity contribution < 1.29 is 10.2 Å². The van der Waals surface area contributed by atoms with Gasteiger partial charge in [-0.25, -0.2) is 0 Å². The van der Waals surface area contributed by atoms with Crippen molar-refractivity contribution in [3.8, 4) is 0 Å². The second-order valence-electron chi connectivity index (χ2n) is 4.40. The molecule has 1 aromatic carbocycles. The van der Waals surface area contributed by atoms with E-state index in [2.05, 4.69) is 0 Å². The molecule has 3 heteroatoms. The molecule has 3 atom stereocenters. The first-order chi connectivity index (χ1) is 7.43. The standard InChI is InChI=1S/C13H20O2S/c1-10(14)11(2)16-9-13(3,15)12-7-5-4-6-8-12/h4-8,10-11,14-15H,9H2,1-3H3. The molecule has 3 unspecified atom stereocenters. The zero-order valence-electron chi connectivity index (χ0n) is 10.1. The minimum absolute atomic E-state index is 0.134. The summed E-state index contributed by atoms with van der Waals surface area (Å²) in [5, 5.41) is 19.8. The fourth-order valence-corrected chi connectivity index (χ4v) is 2.35. The average molecular weight is 240 g/mol. The third-order valence-corrected chi connectivity index (χ3v) is 4.35. The van der Waals surface area contributed by atoms with Gasteiger partial charge in [0, 0.05) is 11.0 Å². The van der Waals surface area contributed by atoms with Gasteiger partial charge in [-0.05, 0) is 19.4 Å². The van der Waals surface area contributed by atoms with Gasteiger partial charge in [-0.15, -0.1) is 0 Å². The Morgan fingerprint density at radius 1 is 1.25 bits per heavy atom. The Labute approximate surface area is 102 Å². The fraction of sp³-hybridized carbons (Fsp3) is 0.538. The number of thioether (sulfide) groups is 1. The van der Waals surface area contributed by atoms with Crippen LogP contribution in [0.4, 0.5) is 0 Å². The first kappa shape index (κ1) is 13.6. The minimum atomic E-state index is -0.838. The molecule has 1 rings (SSSR count). The summed E-state index contributed by atoms with van der Waals surface area (Å²) in [6, 6.07) is 9.63. The first-order valence-corrected chi connectivity index (χ1v) is 6.56. The summed E-state index contributed by atoms with van der Waals surface area (Å²) in [5.74, 6) is 0.586. The van der Waals surface area contributed by atoms with Crippen LogP contribution < -0.4 is 0 Å². The molecule has 0 saturated carbocycles. The predicted octanol–water partition coefficient (Wildman–Crippen LogP) is 2.40. The van der Waals surface area contributed by atoms with Crippen LogP contribution in [-0.2, 0) is 5.60 Å². The topological polar surface area (TPSA) is 40.5 Å². The molecular formula is C13H20O2S. The van der Waals surface area contributed by atoms with E-state index in [-0.39, 0.29) is 11.4 Å². The molecule has 0 amide bonds.